The normalized spacial score (nSPS) is 11.1. The molecule has 0 aliphatic rings. The fourth-order valence-corrected chi connectivity index (χ4v) is 3.23. The number of benzene rings is 2. The van der Waals surface area contributed by atoms with E-state index in [1.807, 2.05) is 13.0 Å². The Balaban J connectivity index is 2.15. The molecule has 24 heavy (non-hydrogen) atoms. The summed E-state index contributed by atoms with van der Waals surface area (Å²) in [5.74, 6) is -0.372. The maximum atomic E-state index is 12.2. The fraction of sp³-hybridized carbons (Fsp3) is 0.118. The molecule has 1 amide bonds. The Morgan fingerprint density at radius 2 is 1.88 bits per heavy atom. The van der Waals surface area contributed by atoms with E-state index in [2.05, 4.69) is 16.6 Å². The van der Waals surface area contributed by atoms with Crippen LogP contribution >= 0.6 is 11.6 Å². The van der Waals surface area contributed by atoms with Crippen molar-refractivity contribution in [3.63, 3.8) is 0 Å². The van der Waals surface area contributed by atoms with Crippen molar-refractivity contribution in [2.24, 2.45) is 0 Å². The van der Waals surface area contributed by atoms with Crippen LogP contribution in [-0.4, -0.2) is 20.9 Å². The van der Waals surface area contributed by atoms with Crippen LogP contribution in [0.3, 0.4) is 0 Å². The van der Waals surface area contributed by atoms with E-state index in [0.717, 1.165) is 5.56 Å². The molecular weight excluding hydrogens is 348 g/mol. The van der Waals surface area contributed by atoms with Crippen LogP contribution < -0.4 is 10.0 Å². The molecule has 2 N–H and O–H groups in total. The first-order valence-corrected chi connectivity index (χ1v) is 8.98. The highest BCUT2D eigenvalue weighted by Gasteiger charge is 2.14. The molecular formula is C17H17ClN2O3S. The van der Waals surface area contributed by atoms with Crippen LogP contribution in [0.25, 0.3) is 0 Å². The highest BCUT2D eigenvalue weighted by Crippen LogP contribution is 2.23. The fourth-order valence-electron chi connectivity index (χ4n) is 1.95. The number of halogens is 1. The molecule has 0 unspecified atom stereocenters. The average Bonchev–Trinajstić information content (AvgIpc) is 2.55. The Morgan fingerprint density at radius 1 is 1.21 bits per heavy atom. The van der Waals surface area contributed by atoms with Gasteiger partial charge in [-0.25, -0.2) is 13.1 Å². The minimum Gasteiger partial charge on any atom is -0.321 e. The second-order valence-corrected chi connectivity index (χ2v) is 7.28. The third-order valence-corrected chi connectivity index (χ3v) is 4.97. The van der Waals surface area contributed by atoms with Crippen molar-refractivity contribution >= 4 is 33.2 Å². The summed E-state index contributed by atoms with van der Waals surface area (Å²) in [6, 6.07) is 10.9. The van der Waals surface area contributed by atoms with E-state index in [9.17, 15) is 13.2 Å². The molecule has 0 aliphatic heterocycles. The highest BCUT2D eigenvalue weighted by atomic mass is 35.5. The largest absolute Gasteiger partial charge is 0.321 e. The number of sulfonamides is 1. The Labute approximate surface area is 146 Å². The highest BCUT2D eigenvalue weighted by molar-refractivity contribution is 7.89. The number of amides is 1. The van der Waals surface area contributed by atoms with Crippen molar-refractivity contribution in [1.82, 2.24) is 4.72 Å². The molecule has 0 radical (unpaired) electrons. The smallest absolute Gasteiger partial charge is 0.255 e. The molecule has 0 atom stereocenters. The third kappa shape index (κ3) is 4.44. The van der Waals surface area contributed by atoms with Crippen LogP contribution in [-0.2, 0) is 10.0 Å². The van der Waals surface area contributed by atoms with Crippen molar-refractivity contribution in [3.8, 4) is 0 Å². The molecule has 0 spiro atoms. The van der Waals surface area contributed by atoms with Gasteiger partial charge in [-0.3, -0.25) is 4.79 Å². The molecule has 2 aromatic carbocycles. The van der Waals surface area contributed by atoms with Gasteiger partial charge in [-0.15, -0.1) is 6.58 Å². The Bertz CT molecular complexity index is 862. The lowest BCUT2D eigenvalue weighted by molar-refractivity contribution is 0.102. The van der Waals surface area contributed by atoms with Gasteiger partial charge >= 0.3 is 0 Å². The van der Waals surface area contributed by atoms with Crippen LogP contribution in [0, 0.1) is 6.92 Å². The van der Waals surface area contributed by atoms with E-state index in [1.54, 1.807) is 12.1 Å². The first-order valence-electron chi connectivity index (χ1n) is 7.11. The summed E-state index contributed by atoms with van der Waals surface area (Å²) in [6.07, 6.45) is 1.45. The minimum absolute atomic E-state index is 0.0780. The molecule has 126 valence electrons. The summed E-state index contributed by atoms with van der Waals surface area (Å²) in [6.45, 7) is 5.49. The predicted molar refractivity (Wildman–Crippen MR) is 96.0 cm³/mol. The van der Waals surface area contributed by atoms with E-state index in [1.165, 1.54) is 30.3 Å². The monoisotopic (exact) mass is 364 g/mol. The van der Waals surface area contributed by atoms with Crippen LogP contribution in [0.5, 0.6) is 0 Å². The second kappa shape index (κ2) is 7.61. The van der Waals surface area contributed by atoms with E-state index in [4.69, 9.17) is 11.6 Å². The number of carbonyl (C=O) groups excluding carboxylic acids is 1. The van der Waals surface area contributed by atoms with Crippen molar-refractivity contribution in [1.29, 1.82) is 0 Å². The number of rotatable bonds is 6. The van der Waals surface area contributed by atoms with Crippen molar-refractivity contribution < 1.29 is 13.2 Å². The molecule has 2 aromatic rings. The van der Waals surface area contributed by atoms with Crippen molar-refractivity contribution in [3.05, 3.63) is 71.3 Å². The number of hydrogen-bond acceptors (Lipinski definition) is 3. The summed E-state index contributed by atoms with van der Waals surface area (Å²) >= 11 is 6.08. The zero-order chi connectivity index (χ0) is 17.7. The standard InChI is InChI=1S/C17H17ClN2O3S/c1-3-10-19-24(22,23)14-7-5-13(6-8-14)17(21)20-16-9-4-12(2)11-15(16)18/h3-9,11,19H,1,10H2,2H3,(H,20,21). The van der Waals surface area contributed by atoms with Gasteiger partial charge in [0.2, 0.25) is 10.0 Å². The van der Waals surface area contributed by atoms with Crippen molar-refractivity contribution in [2.45, 2.75) is 11.8 Å². The molecule has 0 heterocycles. The zero-order valence-electron chi connectivity index (χ0n) is 13.0. The lowest BCUT2D eigenvalue weighted by Crippen LogP contribution is -2.23. The summed E-state index contributed by atoms with van der Waals surface area (Å²) < 4.78 is 26.3. The van der Waals surface area contributed by atoms with E-state index in [0.29, 0.717) is 16.3 Å². The van der Waals surface area contributed by atoms with Gasteiger partial charge in [0, 0.05) is 12.1 Å². The number of aryl methyl sites for hydroxylation is 1. The van der Waals surface area contributed by atoms with Crippen LogP contribution in [0.15, 0.2) is 60.0 Å². The maximum Gasteiger partial charge on any atom is 0.255 e. The average molecular weight is 365 g/mol. The summed E-state index contributed by atoms with van der Waals surface area (Å²) in [4.78, 5) is 12.3. The van der Waals surface area contributed by atoms with Gasteiger partial charge in [0.25, 0.3) is 5.91 Å². The lowest BCUT2D eigenvalue weighted by Gasteiger charge is -2.09. The molecule has 0 aromatic heterocycles. The Morgan fingerprint density at radius 3 is 2.46 bits per heavy atom. The molecule has 0 bridgehead atoms. The van der Waals surface area contributed by atoms with E-state index in [-0.39, 0.29) is 17.3 Å². The quantitative estimate of drug-likeness (QED) is 0.772. The van der Waals surface area contributed by atoms with Gasteiger partial charge < -0.3 is 5.32 Å². The minimum atomic E-state index is -3.61. The summed E-state index contributed by atoms with van der Waals surface area (Å²) in [5, 5.41) is 3.14. The molecule has 0 aliphatic carbocycles. The summed E-state index contributed by atoms with van der Waals surface area (Å²) in [7, 11) is -3.61. The SMILES string of the molecule is C=CCNS(=O)(=O)c1ccc(C(=O)Nc2ccc(C)cc2Cl)cc1. The van der Waals surface area contributed by atoms with Crippen molar-refractivity contribution in [2.75, 3.05) is 11.9 Å². The van der Waals surface area contributed by atoms with Gasteiger partial charge in [0.1, 0.15) is 0 Å². The molecule has 7 heteroatoms. The number of carbonyl (C=O) groups is 1. The predicted octanol–water partition coefficient (Wildman–Crippen LogP) is 3.37. The first kappa shape index (κ1) is 18.2. The Kier molecular flexibility index (Phi) is 5.77. The van der Waals surface area contributed by atoms with Crippen LogP contribution in [0.4, 0.5) is 5.69 Å². The van der Waals surface area contributed by atoms with Gasteiger partial charge in [-0.2, -0.15) is 0 Å². The molecule has 0 saturated carbocycles. The molecule has 2 rings (SSSR count). The maximum absolute atomic E-state index is 12.2. The zero-order valence-corrected chi connectivity index (χ0v) is 14.6. The second-order valence-electron chi connectivity index (χ2n) is 5.10. The first-order chi connectivity index (χ1) is 11.3. The number of hydrogen-bond donors (Lipinski definition) is 2. The van der Waals surface area contributed by atoms with Gasteiger partial charge in [0.05, 0.1) is 15.6 Å². The van der Waals surface area contributed by atoms with E-state index >= 15 is 0 Å². The lowest BCUT2D eigenvalue weighted by atomic mass is 10.2. The van der Waals surface area contributed by atoms with Gasteiger partial charge in [-0.05, 0) is 48.9 Å². The molecule has 0 saturated heterocycles. The van der Waals surface area contributed by atoms with Gasteiger partial charge in [-0.1, -0.05) is 23.7 Å². The number of anilines is 1. The van der Waals surface area contributed by atoms with E-state index < -0.39 is 10.0 Å². The number of nitrogens with one attached hydrogen (secondary N) is 2. The van der Waals surface area contributed by atoms with Gasteiger partial charge in [0.15, 0.2) is 0 Å². The summed E-state index contributed by atoms with van der Waals surface area (Å²) in [5.41, 5.74) is 1.81. The molecule has 5 nitrogen and oxygen atoms in total. The molecule has 0 fully saturated rings. The topological polar surface area (TPSA) is 75.3 Å². The van der Waals surface area contributed by atoms with Crippen LogP contribution in [0.2, 0.25) is 5.02 Å². The third-order valence-electron chi connectivity index (χ3n) is 3.22. The van der Waals surface area contributed by atoms with Crippen LogP contribution in [0.1, 0.15) is 15.9 Å². The Hall–Kier alpha value is -2.15.